The Morgan fingerprint density at radius 2 is 1.83 bits per heavy atom. The maximum Gasteiger partial charge on any atom is 0.225 e. The molecule has 1 fully saturated rings. The van der Waals surface area contributed by atoms with Crippen molar-refractivity contribution in [1.82, 2.24) is 19.9 Å². The lowest BCUT2D eigenvalue weighted by molar-refractivity contribution is 0.461. The van der Waals surface area contributed by atoms with E-state index in [1.807, 2.05) is 31.2 Å². The molecule has 30 heavy (non-hydrogen) atoms. The summed E-state index contributed by atoms with van der Waals surface area (Å²) < 4.78 is 1.19. The molecule has 3 aromatic heterocycles. The molecule has 6 nitrogen and oxygen atoms in total. The highest BCUT2D eigenvalue weighted by molar-refractivity contribution is 7.18. The SMILES string of the molecule is Cc1nc2cc(Nc3cc(-c4ccccn4)nc(NC4CCCCC4)n3)ccc2s1. The fraction of sp³-hybridized carbons (Fsp3) is 0.304. The fourth-order valence-electron chi connectivity index (χ4n) is 3.92. The maximum atomic E-state index is 4.76. The molecule has 0 bridgehead atoms. The lowest BCUT2D eigenvalue weighted by Gasteiger charge is -2.23. The van der Waals surface area contributed by atoms with Crippen molar-refractivity contribution in [3.63, 3.8) is 0 Å². The van der Waals surface area contributed by atoms with Crippen LogP contribution in [0.2, 0.25) is 0 Å². The molecule has 5 rings (SSSR count). The Labute approximate surface area is 179 Å². The number of thiazole rings is 1. The molecule has 152 valence electrons. The van der Waals surface area contributed by atoms with E-state index in [-0.39, 0.29) is 0 Å². The number of hydrogen-bond acceptors (Lipinski definition) is 7. The van der Waals surface area contributed by atoms with Crippen molar-refractivity contribution in [3.8, 4) is 11.4 Å². The normalized spacial score (nSPS) is 14.7. The standard InChI is InChI=1S/C23H24N6S/c1-15-25-20-13-17(10-11-21(20)30-15)26-22-14-19(18-9-5-6-12-24-18)28-23(29-22)27-16-7-3-2-4-8-16/h5-6,9-14,16H,2-4,7-8H2,1H3,(H2,26,27,28,29). The summed E-state index contributed by atoms with van der Waals surface area (Å²) >= 11 is 1.71. The number of rotatable bonds is 5. The molecule has 0 saturated heterocycles. The van der Waals surface area contributed by atoms with Crippen molar-refractivity contribution in [3.05, 3.63) is 53.7 Å². The van der Waals surface area contributed by atoms with Crippen LogP contribution < -0.4 is 10.6 Å². The van der Waals surface area contributed by atoms with Gasteiger partial charge in [0.25, 0.3) is 0 Å². The van der Waals surface area contributed by atoms with Crippen molar-refractivity contribution in [2.45, 2.75) is 45.1 Å². The van der Waals surface area contributed by atoms with Crippen LogP contribution >= 0.6 is 11.3 Å². The molecule has 0 amide bonds. The van der Waals surface area contributed by atoms with Crippen LogP contribution in [-0.4, -0.2) is 26.0 Å². The summed E-state index contributed by atoms with van der Waals surface area (Å²) in [6.07, 6.45) is 7.96. The van der Waals surface area contributed by atoms with Crippen LogP contribution in [0, 0.1) is 6.92 Å². The highest BCUT2D eigenvalue weighted by Gasteiger charge is 2.16. The Hall–Kier alpha value is -3.06. The topological polar surface area (TPSA) is 75.6 Å². The molecule has 1 aliphatic carbocycles. The quantitative estimate of drug-likeness (QED) is 0.419. The summed E-state index contributed by atoms with van der Waals surface area (Å²) in [6.45, 7) is 2.03. The van der Waals surface area contributed by atoms with Gasteiger partial charge in [0.05, 0.1) is 26.6 Å². The van der Waals surface area contributed by atoms with Crippen LogP contribution in [0.25, 0.3) is 21.6 Å². The predicted molar refractivity (Wildman–Crippen MR) is 123 cm³/mol. The molecular weight excluding hydrogens is 392 g/mol. The zero-order valence-electron chi connectivity index (χ0n) is 16.9. The molecule has 4 aromatic rings. The van der Waals surface area contributed by atoms with E-state index in [1.54, 1.807) is 17.5 Å². The summed E-state index contributed by atoms with van der Waals surface area (Å²) in [5.41, 5.74) is 3.60. The lowest BCUT2D eigenvalue weighted by atomic mass is 9.96. The first kappa shape index (κ1) is 18.9. The first-order valence-electron chi connectivity index (χ1n) is 10.4. The van der Waals surface area contributed by atoms with E-state index >= 15 is 0 Å². The highest BCUT2D eigenvalue weighted by Crippen LogP contribution is 2.28. The van der Waals surface area contributed by atoms with Gasteiger partial charge >= 0.3 is 0 Å². The maximum absolute atomic E-state index is 4.76. The third kappa shape index (κ3) is 4.26. The number of pyridine rings is 1. The van der Waals surface area contributed by atoms with Gasteiger partial charge in [-0.3, -0.25) is 4.98 Å². The molecule has 3 heterocycles. The number of fused-ring (bicyclic) bond motifs is 1. The molecule has 2 N–H and O–H groups in total. The van der Waals surface area contributed by atoms with E-state index in [2.05, 4.69) is 38.8 Å². The first-order valence-corrected chi connectivity index (χ1v) is 11.3. The number of benzene rings is 1. The largest absolute Gasteiger partial charge is 0.351 e. The molecule has 0 spiro atoms. The van der Waals surface area contributed by atoms with Gasteiger partial charge in [0, 0.05) is 24.0 Å². The highest BCUT2D eigenvalue weighted by atomic mass is 32.1. The minimum atomic E-state index is 0.430. The second-order valence-corrected chi connectivity index (χ2v) is 8.93. The molecule has 0 radical (unpaired) electrons. The van der Waals surface area contributed by atoms with Crippen molar-refractivity contribution < 1.29 is 0 Å². The van der Waals surface area contributed by atoms with Crippen molar-refractivity contribution in [1.29, 1.82) is 0 Å². The molecule has 7 heteroatoms. The lowest BCUT2D eigenvalue weighted by Crippen LogP contribution is -2.23. The van der Waals surface area contributed by atoms with Crippen LogP contribution in [0.4, 0.5) is 17.5 Å². The average Bonchev–Trinajstić information content (AvgIpc) is 3.14. The van der Waals surface area contributed by atoms with Crippen molar-refractivity contribution >= 4 is 39.0 Å². The zero-order valence-corrected chi connectivity index (χ0v) is 17.7. The number of anilines is 3. The van der Waals surface area contributed by atoms with Gasteiger partial charge in [0.15, 0.2) is 0 Å². The van der Waals surface area contributed by atoms with E-state index in [1.165, 1.54) is 36.8 Å². The van der Waals surface area contributed by atoms with Gasteiger partial charge in [0.1, 0.15) is 5.82 Å². The third-order valence-electron chi connectivity index (χ3n) is 5.36. The second kappa shape index (κ2) is 8.36. The van der Waals surface area contributed by atoms with Gasteiger partial charge < -0.3 is 10.6 Å². The summed E-state index contributed by atoms with van der Waals surface area (Å²) in [6, 6.07) is 14.5. The van der Waals surface area contributed by atoms with Gasteiger partial charge in [-0.1, -0.05) is 25.3 Å². The van der Waals surface area contributed by atoms with Gasteiger partial charge in [-0.25, -0.2) is 9.97 Å². The summed E-state index contributed by atoms with van der Waals surface area (Å²) in [7, 11) is 0. The number of aromatic nitrogens is 4. The van der Waals surface area contributed by atoms with E-state index < -0.39 is 0 Å². The summed E-state index contributed by atoms with van der Waals surface area (Å²) in [5.74, 6) is 1.40. The van der Waals surface area contributed by atoms with Crippen LogP contribution in [0.15, 0.2) is 48.7 Å². The van der Waals surface area contributed by atoms with E-state index in [9.17, 15) is 0 Å². The molecule has 1 saturated carbocycles. The van der Waals surface area contributed by atoms with E-state index in [0.717, 1.165) is 33.4 Å². The second-order valence-electron chi connectivity index (χ2n) is 7.70. The Morgan fingerprint density at radius 3 is 2.67 bits per heavy atom. The van der Waals surface area contributed by atoms with Crippen LogP contribution in [-0.2, 0) is 0 Å². The van der Waals surface area contributed by atoms with Gasteiger partial charge in [0.2, 0.25) is 5.95 Å². The molecule has 1 aliphatic rings. The minimum absolute atomic E-state index is 0.430. The monoisotopic (exact) mass is 416 g/mol. The molecule has 1 aromatic carbocycles. The predicted octanol–water partition coefficient (Wildman–Crippen LogP) is 5.94. The smallest absolute Gasteiger partial charge is 0.225 e. The first-order chi connectivity index (χ1) is 14.7. The van der Waals surface area contributed by atoms with Crippen LogP contribution in [0.3, 0.4) is 0 Å². The van der Waals surface area contributed by atoms with Gasteiger partial charge in [-0.2, -0.15) is 4.98 Å². The molecule has 0 unspecified atom stereocenters. The molecular formula is C23H24N6S. The fourth-order valence-corrected chi connectivity index (χ4v) is 4.73. The van der Waals surface area contributed by atoms with Gasteiger partial charge in [-0.15, -0.1) is 11.3 Å². The minimum Gasteiger partial charge on any atom is -0.351 e. The van der Waals surface area contributed by atoms with Gasteiger partial charge in [-0.05, 0) is 50.1 Å². The molecule has 0 atom stereocenters. The van der Waals surface area contributed by atoms with E-state index in [0.29, 0.717) is 12.0 Å². The summed E-state index contributed by atoms with van der Waals surface area (Å²) in [5, 5.41) is 8.06. The number of nitrogens with one attached hydrogen (secondary N) is 2. The Bertz CT molecular complexity index is 1150. The van der Waals surface area contributed by atoms with Crippen LogP contribution in [0.5, 0.6) is 0 Å². The average molecular weight is 417 g/mol. The Morgan fingerprint density at radius 1 is 0.933 bits per heavy atom. The zero-order chi connectivity index (χ0) is 20.3. The summed E-state index contributed by atoms with van der Waals surface area (Å²) in [4.78, 5) is 18.6. The van der Waals surface area contributed by atoms with E-state index in [4.69, 9.17) is 9.97 Å². The molecule has 0 aliphatic heterocycles. The number of nitrogens with zero attached hydrogens (tertiary/aromatic N) is 4. The third-order valence-corrected chi connectivity index (χ3v) is 6.31. The van der Waals surface area contributed by atoms with Crippen LogP contribution in [0.1, 0.15) is 37.1 Å². The number of aryl methyl sites for hydroxylation is 1. The Balaban J connectivity index is 1.47. The van der Waals surface area contributed by atoms with Crippen molar-refractivity contribution in [2.75, 3.05) is 10.6 Å². The Kier molecular flexibility index (Phi) is 5.27. The van der Waals surface area contributed by atoms with Crippen molar-refractivity contribution in [2.24, 2.45) is 0 Å². The number of hydrogen-bond donors (Lipinski definition) is 2.